The van der Waals surface area contributed by atoms with Gasteiger partial charge in [0.25, 0.3) is 0 Å². The lowest BCUT2D eigenvalue weighted by Gasteiger charge is -2.42. The summed E-state index contributed by atoms with van der Waals surface area (Å²) < 4.78 is 24.9. The quantitative estimate of drug-likeness (QED) is 0.743. The van der Waals surface area contributed by atoms with Crippen LogP contribution in [-0.2, 0) is 30.1 Å². The maximum absolute atomic E-state index is 6.41. The normalized spacial score (nSPS) is 26.3. The Labute approximate surface area is 162 Å². The molecule has 1 saturated heterocycles. The Morgan fingerprint density at radius 2 is 1.04 bits per heavy atom. The minimum Gasteiger partial charge on any atom is -0.371 e. The van der Waals surface area contributed by atoms with E-state index in [4.69, 9.17) is 18.9 Å². The van der Waals surface area contributed by atoms with Crippen molar-refractivity contribution < 1.29 is 18.9 Å². The summed E-state index contributed by atoms with van der Waals surface area (Å²) in [5.74, 6) is -0.752. The van der Waals surface area contributed by atoms with Crippen molar-refractivity contribution in [1.29, 1.82) is 0 Å². The van der Waals surface area contributed by atoms with Crippen molar-refractivity contribution in [3.05, 3.63) is 71.8 Å². The van der Waals surface area contributed by atoms with Crippen molar-refractivity contribution in [2.75, 3.05) is 14.2 Å². The SMILES string of the molecule is CO[C@@](C)(c1ccccc1)[C@@H]1OC(C)(C)O[C@H]1[C@@](C)(OC)c1ccccc1. The van der Waals surface area contributed by atoms with Crippen LogP contribution in [0.3, 0.4) is 0 Å². The molecule has 1 fully saturated rings. The second kappa shape index (κ2) is 7.36. The molecule has 3 rings (SSSR count). The average molecular weight is 370 g/mol. The van der Waals surface area contributed by atoms with Crippen molar-refractivity contribution in [3.63, 3.8) is 0 Å². The van der Waals surface area contributed by atoms with Gasteiger partial charge in [0, 0.05) is 14.2 Å². The molecule has 0 aliphatic carbocycles. The molecular formula is C23H30O4. The van der Waals surface area contributed by atoms with Crippen molar-refractivity contribution in [2.24, 2.45) is 0 Å². The van der Waals surface area contributed by atoms with Crippen LogP contribution in [0.1, 0.15) is 38.8 Å². The molecule has 1 aliphatic rings. The summed E-state index contributed by atoms with van der Waals surface area (Å²) in [5, 5.41) is 0. The van der Waals surface area contributed by atoms with Crippen LogP contribution in [-0.4, -0.2) is 32.2 Å². The summed E-state index contributed by atoms with van der Waals surface area (Å²) in [5.41, 5.74) is 0.674. The smallest absolute Gasteiger partial charge is 0.164 e. The van der Waals surface area contributed by atoms with Gasteiger partial charge in [-0.3, -0.25) is 0 Å². The minimum atomic E-state index is -0.752. The maximum atomic E-state index is 6.41. The zero-order valence-electron chi connectivity index (χ0n) is 17.1. The van der Waals surface area contributed by atoms with Crippen LogP contribution < -0.4 is 0 Å². The maximum Gasteiger partial charge on any atom is 0.164 e. The molecule has 0 bridgehead atoms. The van der Waals surface area contributed by atoms with Gasteiger partial charge < -0.3 is 18.9 Å². The Morgan fingerprint density at radius 3 is 1.33 bits per heavy atom. The van der Waals surface area contributed by atoms with Crippen LogP contribution in [0.2, 0.25) is 0 Å². The van der Waals surface area contributed by atoms with Gasteiger partial charge in [0.15, 0.2) is 5.79 Å². The van der Waals surface area contributed by atoms with E-state index in [0.29, 0.717) is 0 Å². The number of hydrogen-bond donors (Lipinski definition) is 0. The standard InChI is InChI=1S/C23H30O4/c1-21(2)26-19(22(3,24-5)17-13-9-7-10-14-17)20(27-21)23(4,25-6)18-15-11-8-12-16-18/h7-16,19-20H,1-6H3/t19-,20-,22+,23+/m1/s1. The van der Waals surface area contributed by atoms with E-state index >= 15 is 0 Å². The first-order valence-corrected chi connectivity index (χ1v) is 9.34. The number of methoxy groups -OCH3 is 2. The topological polar surface area (TPSA) is 36.9 Å². The molecule has 0 N–H and O–H groups in total. The summed E-state index contributed by atoms with van der Waals surface area (Å²) in [7, 11) is 3.43. The highest BCUT2D eigenvalue weighted by Gasteiger charge is 2.58. The van der Waals surface area contributed by atoms with E-state index in [1.165, 1.54) is 0 Å². The Bertz CT molecular complexity index is 682. The third-order valence-electron chi connectivity index (χ3n) is 5.72. The van der Waals surface area contributed by atoms with Crippen molar-refractivity contribution in [2.45, 2.75) is 56.9 Å². The number of benzene rings is 2. The van der Waals surface area contributed by atoms with Gasteiger partial charge in [-0.05, 0) is 38.8 Å². The monoisotopic (exact) mass is 370 g/mol. The second-order valence-electron chi connectivity index (χ2n) is 7.83. The van der Waals surface area contributed by atoms with Gasteiger partial charge in [0.05, 0.1) is 0 Å². The van der Waals surface area contributed by atoms with Gasteiger partial charge in [-0.25, -0.2) is 0 Å². The summed E-state index contributed by atoms with van der Waals surface area (Å²) in [4.78, 5) is 0. The van der Waals surface area contributed by atoms with Crippen LogP contribution in [0.4, 0.5) is 0 Å². The molecule has 146 valence electrons. The summed E-state index contributed by atoms with van der Waals surface area (Å²) >= 11 is 0. The molecule has 0 radical (unpaired) electrons. The minimum absolute atomic E-state index is 0.370. The van der Waals surface area contributed by atoms with Crippen LogP contribution in [0, 0.1) is 0 Å². The fraction of sp³-hybridized carbons (Fsp3) is 0.478. The first-order valence-electron chi connectivity index (χ1n) is 9.34. The van der Waals surface area contributed by atoms with Crippen molar-refractivity contribution >= 4 is 0 Å². The van der Waals surface area contributed by atoms with E-state index in [-0.39, 0.29) is 12.2 Å². The van der Waals surface area contributed by atoms with Crippen LogP contribution in [0.25, 0.3) is 0 Å². The number of rotatable bonds is 6. The highest BCUT2D eigenvalue weighted by atomic mass is 16.8. The summed E-state index contributed by atoms with van der Waals surface area (Å²) in [6.45, 7) is 7.96. The first kappa shape index (κ1) is 20.0. The third-order valence-corrected chi connectivity index (χ3v) is 5.72. The largest absolute Gasteiger partial charge is 0.371 e. The van der Waals surface area contributed by atoms with Gasteiger partial charge in [-0.15, -0.1) is 0 Å². The molecule has 4 atom stereocenters. The summed E-state index contributed by atoms with van der Waals surface area (Å²) in [6, 6.07) is 20.3. The molecular weight excluding hydrogens is 340 g/mol. The summed E-state index contributed by atoms with van der Waals surface area (Å²) in [6.07, 6.45) is -0.741. The predicted molar refractivity (Wildman–Crippen MR) is 105 cm³/mol. The Balaban J connectivity index is 2.10. The van der Waals surface area contributed by atoms with Crippen molar-refractivity contribution in [1.82, 2.24) is 0 Å². The molecule has 2 aromatic rings. The average Bonchev–Trinajstić information content (AvgIpc) is 3.04. The molecule has 0 saturated carbocycles. The Morgan fingerprint density at radius 1 is 0.704 bits per heavy atom. The van der Waals surface area contributed by atoms with Gasteiger partial charge in [0.2, 0.25) is 0 Å². The molecule has 27 heavy (non-hydrogen) atoms. The lowest BCUT2D eigenvalue weighted by atomic mass is 9.78. The number of ether oxygens (including phenoxy) is 4. The Hall–Kier alpha value is -1.72. The lowest BCUT2D eigenvalue weighted by Crippen LogP contribution is -2.53. The van der Waals surface area contributed by atoms with E-state index in [0.717, 1.165) is 11.1 Å². The molecule has 0 unspecified atom stereocenters. The van der Waals surface area contributed by atoms with Gasteiger partial charge >= 0.3 is 0 Å². The molecule has 4 nitrogen and oxygen atoms in total. The van der Waals surface area contributed by atoms with Gasteiger partial charge in [0.1, 0.15) is 23.4 Å². The van der Waals surface area contributed by atoms with Gasteiger partial charge in [-0.2, -0.15) is 0 Å². The van der Waals surface area contributed by atoms with Gasteiger partial charge in [-0.1, -0.05) is 60.7 Å². The predicted octanol–water partition coefficient (Wildman–Crippen LogP) is 4.63. The Kier molecular flexibility index (Phi) is 5.46. The van der Waals surface area contributed by atoms with E-state index in [1.54, 1.807) is 14.2 Å². The molecule has 4 heteroatoms. The second-order valence-corrected chi connectivity index (χ2v) is 7.83. The first-order chi connectivity index (χ1) is 12.8. The van der Waals surface area contributed by atoms with E-state index < -0.39 is 17.0 Å². The zero-order chi connectivity index (χ0) is 19.7. The third kappa shape index (κ3) is 3.55. The van der Waals surface area contributed by atoms with Crippen LogP contribution >= 0.6 is 0 Å². The zero-order valence-corrected chi connectivity index (χ0v) is 17.1. The highest BCUT2D eigenvalue weighted by Crippen LogP contribution is 2.47. The fourth-order valence-corrected chi connectivity index (χ4v) is 3.90. The molecule has 1 aliphatic heterocycles. The van der Waals surface area contributed by atoms with E-state index in [1.807, 2.05) is 64.1 Å². The molecule has 0 aromatic heterocycles. The van der Waals surface area contributed by atoms with E-state index in [2.05, 4.69) is 24.3 Å². The molecule has 0 amide bonds. The fourth-order valence-electron chi connectivity index (χ4n) is 3.90. The van der Waals surface area contributed by atoms with Crippen LogP contribution in [0.15, 0.2) is 60.7 Å². The molecule has 1 heterocycles. The number of hydrogen-bond acceptors (Lipinski definition) is 4. The lowest BCUT2D eigenvalue weighted by molar-refractivity contribution is -0.180. The van der Waals surface area contributed by atoms with Crippen LogP contribution in [0.5, 0.6) is 0 Å². The molecule has 0 spiro atoms. The van der Waals surface area contributed by atoms with E-state index in [9.17, 15) is 0 Å². The highest BCUT2D eigenvalue weighted by molar-refractivity contribution is 5.29. The van der Waals surface area contributed by atoms with Crippen molar-refractivity contribution in [3.8, 4) is 0 Å². The molecule has 2 aromatic carbocycles.